The molecule has 0 bridgehead atoms. The molecule has 12 rings (SSSR count). The number of amides is 5. The van der Waals surface area contributed by atoms with Crippen molar-refractivity contribution in [1.82, 2.24) is 54.6 Å². The number of hydrogen-bond donors (Lipinski definition) is 2. The molecule has 75 heavy (non-hydrogen) atoms. The first kappa shape index (κ1) is 50.8. The second-order valence-corrected chi connectivity index (χ2v) is 20.1. The van der Waals surface area contributed by atoms with Gasteiger partial charge in [0.1, 0.15) is 0 Å². The minimum Gasteiger partial charge on any atom is -0.339 e. The van der Waals surface area contributed by atoms with Crippen molar-refractivity contribution in [3.8, 4) is 0 Å². The third-order valence-electron chi connectivity index (χ3n) is 14.3. The van der Waals surface area contributed by atoms with Crippen molar-refractivity contribution < 1.29 is 45.5 Å². The topological polar surface area (TPSA) is 196 Å². The average Bonchev–Trinajstić information content (AvgIpc) is 4.14. The molecule has 10 heterocycles. The molecule has 6 aliphatic heterocycles. The maximum Gasteiger partial charge on any atom is 0.322 e. The second kappa shape index (κ2) is 20.2. The van der Waals surface area contributed by atoms with Crippen molar-refractivity contribution in [2.24, 2.45) is 10.8 Å². The van der Waals surface area contributed by atoms with E-state index in [9.17, 15) is 45.5 Å². The molecule has 19 nitrogen and oxygen atoms in total. The van der Waals surface area contributed by atoms with Gasteiger partial charge in [0.2, 0.25) is 29.0 Å². The minimum absolute atomic E-state index is 0.0173. The Kier molecular flexibility index (Phi) is 13.7. The molecule has 2 spiro atoms. The zero-order valence-corrected chi connectivity index (χ0v) is 41.1. The summed E-state index contributed by atoms with van der Waals surface area (Å²) in [4.78, 5) is 76.1. The van der Waals surface area contributed by atoms with Crippen LogP contribution in [0.15, 0.2) is 73.6 Å². The molecule has 0 saturated carbocycles. The SMILES string of the molecule is C[C@H]1Cn2ncc(N3CC4(CC3=O)CN(c3ncccn3)C4)c2CN1C(=O)Nc1cc(F)c(F)c(F)c1.C[C@H]1Cn2ncc(N3CC4(CNC4)CC3=O)c2CN1C(=O)Cc1cc(F)c(F)c(F)c1.Clc1ncccn1. The molecule has 2 atom stereocenters. The van der Waals surface area contributed by atoms with Crippen LogP contribution in [-0.2, 0) is 47.0 Å². The number of aromatic nitrogens is 8. The maximum atomic E-state index is 13.6. The predicted octanol–water partition coefficient (Wildman–Crippen LogP) is 5.50. The second-order valence-electron chi connectivity index (χ2n) is 19.7. The monoisotopic (exact) mass is 1060 g/mol. The molecule has 4 fully saturated rings. The lowest BCUT2D eigenvalue weighted by atomic mass is 9.79. The van der Waals surface area contributed by atoms with E-state index in [2.05, 4.69) is 40.8 Å². The van der Waals surface area contributed by atoms with Crippen LogP contribution in [0.2, 0.25) is 5.28 Å². The molecule has 6 aliphatic rings. The third-order valence-corrected chi connectivity index (χ3v) is 14.5. The molecule has 26 heteroatoms. The molecule has 6 aromatic rings. The van der Waals surface area contributed by atoms with Crippen LogP contribution >= 0.6 is 11.6 Å². The van der Waals surface area contributed by atoms with Gasteiger partial charge < -0.3 is 35.1 Å². The van der Waals surface area contributed by atoms with E-state index in [1.807, 2.05) is 18.7 Å². The van der Waals surface area contributed by atoms with Gasteiger partial charge in [-0.1, -0.05) is 0 Å². The van der Waals surface area contributed by atoms with Crippen LogP contribution in [0.5, 0.6) is 0 Å². The summed E-state index contributed by atoms with van der Waals surface area (Å²) in [6, 6.07) is 5.52. The first-order valence-electron chi connectivity index (χ1n) is 23.9. The van der Waals surface area contributed by atoms with Gasteiger partial charge in [0.15, 0.2) is 34.9 Å². The van der Waals surface area contributed by atoms with Gasteiger partial charge in [-0.25, -0.2) is 51.1 Å². The number of urea groups is 1. The third kappa shape index (κ3) is 10.2. The van der Waals surface area contributed by atoms with Crippen LogP contribution in [0.4, 0.5) is 54.1 Å². The van der Waals surface area contributed by atoms with Gasteiger partial charge in [0.25, 0.3) is 0 Å². The molecule has 4 aromatic heterocycles. The van der Waals surface area contributed by atoms with Crippen LogP contribution in [0.1, 0.15) is 43.6 Å². The average molecular weight is 1060 g/mol. The maximum absolute atomic E-state index is 13.6. The number of halogens is 7. The molecule has 0 unspecified atom stereocenters. The fourth-order valence-electron chi connectivity index (χ4n) is 10.4. The predicted molar refractivity (Wildman–Crippen MR) is 258 cm³/mol. The molecule has 2 N–H and O–H groups in total. The van der Waals surface area contributed by atoms with Crippen molar-refractivity contribution in [3.63, 3.8) is 0 Å². The fourth-order valence-corrected chi connectivity index (χ4v) is 10.6. The summed E-state index contributed by atoms with van der Waals surface area (Å²) in [6.07, 6.45) is 10.5. The van der Waals surface area contributed by atoms with E-state index < -0.39 is 40.9 Å². The number of hydrogen-bond acceptors (Lipinski definition) is 12. The smallest absolute Gasteiger partial charge is 0.322 e. The van der Waals surface area contributed by atoms with Gasteiger partial charge in [-0.3, -0.25) is 23.7 Å². The van der Waals surface area contributed by atoms with Crippen LogP contribution in [0.3, 0.4) is 0 Å². The number of fused-ring (bicyclic) bond motifs is 2. The summed E-state index contributed by atoms with van der Waals surface area (Å²) in [7, 11) is 0. The van der Waals surface area contributed by atoms with E-state index in [1.165, 1.54) is 4.90 Å². The van der Waals surface area contributed by atoms with Crippen molar-refractivity contribution in [3.05, 3.63) is 131 Å². The number of nitrogens with one attached hydrogen (secondary N) is 2. The van der Waals surface area contributed by atoms with E-state index in [4.69, 9.17) is 11.6 Å². The lowest BCUT2D eigenvalue weighted by molar-refractivity contribution is -0.134. The van der Waals surface area contributed by atoms with Gasteiger partial charge in [-0.2, -0.15) is 10.2 Å². The van der Waals surface area contributed by atoms with Crippen molar-refractivity contribution >= 4 is 58.4 Å². The summed E-state index contributed by atoms with van der Waals surface area (Å²) < 4.78 is 84.3. The van der Waals surface area contributed by atoms with Crippen LogP contribution in [0, 0.1) is 45.7 Å². The molecular formula is C49H48ClF6N15O4. The zero-order chi connectivity index (χ0) is 52.9. The summed E-state index contributed by atoms with van der Waals surface area (Å²) in [5, 5.41) is 14.8. The van der Waals surface area contributed by atoms with E-state index in [1.54, 1.807) is 73.4 Å². The first-order chi connectivity index (χ1) is 35.9. The van der Waals surface area contributed by atoms with Gasteiger partial charge in [0.05, 0.1) is 73.8 Å². The Morgan fingerprint density at radius 3 is 1.65 bits per heavy atom. The van der Waals surface area contributed by atoms with Crippen LogP contribution < -0.4 is 25.3 Å². The number of rotatable bonds is 6. The highest BCUT2D eigenvalue weighted by Crippen LogP contribution is 2.44. The molecule has 0 radical (unpaired) electrons. The Hall–Kier alpha value is -7.67. The highest BCUT2D eigenvalue weighted by molar-refractivity contribution is 6.28. The normalized spacial score (nSPS) is 19.9. The highest BCUT2D eigenvalue weighted by atomic mass is 35.5. The highest BCUT2D eigenvalue weighted by Gasteiger charge is 2.53. The van der Waals surface area contributed by atoms with Crippen LogP contribution in [-0.4, -0.2) is 124 Å². The fraction of sp³-hybridized carbons (Fsp3) is 0.388. The van der Waals surface area contributed by atoms with E-state index in [0.717, 1.165) is 43.0 Å². The lowest BCUT2D eigenvalue weighted by Gasteiger charge is -2.47. The standard InChI is InChI=1S/C24H23F3N8O2.C21H22F3N5O2.C4H3ClN2/c1-14-9-35-19(10-33(14)23(37)31-15-5-16(25)21(27)17(26)6-15)18(8-30-35)34-13-24(7-20(34)36)11-32(12-24)22-28-3-2-4-29-22;1-12-7-29-17(16(6-26-29)28-11-21(5-19(28)31)9-25-10-21)8-27(12)18(30)4-13-2-14(22)20(24)15(23)3-13;5-4-6-2-1-3-7-4/h2-6,8,14H,7,9-13H2,1H3,(H,31,37);2-3,6,12,25H,4-5,7-11H2,1H3;1-3H/t14-;12-;/m00./s1. The molecule has 2 aromatic carbocycles. The Labute approximate surface area is 429 Å². The van der Waals surface area contributed by atoms with Gasteiger partial charge in [-0.05, 0) is 55.3 Å². The summed E-state index contributed by atoms with van der Waals surface area (Å²) in [6.45, 7) is 8.96. The first-order valence-corrected chi connectivity index (χ1v) is 24.3. The van der Waals surface area contributed by atoms with E-state index >= 15 is 0 Å². The number of nitrogens with zero attached hydrogens (tertiary/aromatic N) is 13. The molecule has 392 valence electrons. The summed E-state index contributed by atoms with van der Waals surface area (Å²) in [5.41, 5.74) is 2.44. The largest absolute Gasteiger partial charge is 0.339 e. The lowest BCUT2D eigenvalue weighted by Crippen LogP contribution is -2.58. The van der Waals surface area contributed by atoms with Gasteiger partial charge in [-0.15, -0.1) is 0 Å². The molecule has 5 amide bonds. The Morgan fingerprint density at radius 2 is 1.16 bits per heavy atom. The number of carbonyl (C=O) groups is 4. The summed E-state index contributed by atoms with van der Waals surface area (Å²) >= 11 is 5.32. The van der Waals surface area contributed by atoms with Gasteiger partial charge in [0, 0.05) is 112 Å². The number of carbonyl (C=O) groups excluding carboxylic acids is 4. The molecular weight excluding hydrogens is 1010 g/mol. The number of anilines is 4. The Bertz CT molecular complexity index is 3130. The zero-order valence-electron chi connectivity index (χ0n) is 40.4. The quantitative estimate of drug-likeness (QED) is 0.121. The van der Waals surface area contributed by atoms with Crippen molar-refractivity contribution in [2.75, 3.05) is 59.3 Å². The van der Waals surface area contributed by atoms with E-state index in [-0.39, 0.29) is 71.4 Å². The molecule has 4 saturated heterocycles. The Morgan fingerprint density at radius 1 is 0.680 bits per heavy atom. The Balaban J connectivity index is 0.000000153. The minimum atomic E-state index is -1.60. The van der Waals surface area contributed by atoms with Crippen molar-refractivity contribution in [2.45, 2.75) is 71.4 Å². The van der Waals surface area contributed by atoms with E-state index in [0.29, 0.717) is 80.4 Å². The summed E-state index contributed by atoms with van der Waals surface area (Å²) in [5.74, 6) is -8.23. The van der Waals surface area contributed by atoms with Crippen molar-refractivity contribution in [1.29, 1.82) is 0 Å². The molecule has 0 aliphatic carbocycles. The number of benzene rings is 2. The van der Waals surface area contributed by atoms with Crippen LogP contribution in [0.25, 0.3) is 0 Å². The van der Waals surface area contributed by atoms with Gasteiger partial charge >= 0.3 is 6.03 Å².